The van der Waals surface area contributed by atoms with Gasteiger partial charge in [0.15, 0.2) is 16.5 Å². The first-order valence-corrected chi connectivity index (χ1v) is 27.9. The summed E-state index contributed by atoms with van der Waals surface area (Å²) in [7, 11) is 1.84. The molecule has 3 aromatic carbocycles. The van der Waals surface area contributed by atoms with Crippen molar-refractivity contribution in [2.75, 3.05) is 41.3 Å². The number of carboxylic acids is 1. The summed E-state index contributed by atoms with van der Waals surface area (Å²) in [4.78, 5) is 72.0. The van der Waals surface area contributed by atoms with Gasteiger partial charge in [0.2, 0.25) is 11.8 Å². The highest BCUT2D eigenvalue weighted by Gasteiger charge is 2.42. The number of para-hydroxylation sites is 1. The summed E-state index contributed by atoms with van der Waals surface area (Å²) >= 11 is 1.37. The molecule has 4 aromatic heterocycles. The number of hydrogen-bond donors (Lipinski definition) is 3. The first-order chi connectivity index (χ1) is 37.7. The van der Waals surface area contributed by atoms with Crippen LogP contribution in [-0.4, -0.2) is 103 Å². The third kappa shape index (κ3) is 10.1. The Labute approximate surface area is 452 Å². The van der Waals surface area contributed by atoms with Crippen LogP contribution in [0.3, 0.4) is 0 Å². The number of likely N-dealkylation sites (tertiary alicyclic amines) is 1. The zero-order valence-electron chi connectivity index (χ0n) is 43.1. The number of thiazole rings is 1. The molecular formula is C58H59F3N10O6S. The number of piperidine rings is 1. The molecule has 404 valence electrons. The molecule has 78 heavy (non-hydrogen) atoms. The predicted octanol–water partition coefficient (Wildman–Crippen LogP) is 10.2. The van der Waals surface area contributed by atoms with E-state index in [1.165, 1.54) is 35.6 Å². The molecule has 2 bridgehead atoms. The van der Waals surface area contributed by atoms with Gasteiger partial charge in [-0.2, -0.15) is 18.3 Å². The molecule has 20 heteroatoms. The zero-order chi connectivity index (χ0) is 53.8. The Kier molecular flexibility index (Phi) is 13.9. The number of unbranched alkanes of at least 4 members (excludes halogenated alkanes) is 1. The first kappa shape index (κ1) is 51.3. The number of anilines is 3. The van der Waals surface area contributed by atoms with Crippen molar-refractivity contribution in [3.8, 4) is 16.9 Å². The minimum absolute atomic E-state index is 0.168. The average Bonchev–Trinajstić information content (AvgIpc) is 4.20. The summed E-state index contributed by atoms with van der Waals surface area (Å²) in [6.07, 6.45) is 4.28. The summed E-state index contributed by atoms with van der Waals surface area (Å²) in [5.41, 5.74) is 2.29. The van der Waals surface area contributed by atoms with Crippen LogP contribution in [0.25, 0.3) is 32.4 Å². The fourth-order valence-corrected chi connectivity index (χ4v) is 13.6. The van der Waals surface area contributed by atoms with Crippen LogP contribution in [0.2, 0.25) is 0 Å². The van der Waals surface area contributed by atoms with Crippen molar-refractivity contribution in [3.05, 3.63) is 119 Å². The van der Waals surface area contributed by atoms with Gasteiger partial charge in [0, 0.05) is 73.8 Å². The molecule has 12 rings (SSSR count). The molecule has 4 aliphatic heterocycles. The van der Waals surface area contributed by atoms with Crippen molar-refractivity contribution in [3.63, 3.8) is 0 Å². The van der Waals surface area contributed by atoms with Gasteiger partial charge < -0.3 is 19.6 Å². The topological polar surface area (TPSA) is 188 Å². The Morgan fingerprint density at radius 1 is 0.833 bits per heavy atom. The molecule has 4 fully saturated rings. The molecule has 3 N–H and O–H groups in total. The van der Waals surface area contributed by atoms with Crippen LogP contribution in [0.1, 0.15) is 120 Å². The lowest BCUT2D eigenvalue weighted by molar-refractivity contribution is -0.139. The first-order valence-electron chi connectivity index (χ1n) is 27.0. The van der Waals surface area contributed by atoms with Crippen molar-refractivity contribution in [1.29, 1.82) is 0 Å². The molecule has 1 aliphatic carbocycles. The number of aromatic carboxylic acids is 1. The maximum absolute atomic E-state index is 15.2. The summed E-state index contributed by atoms with van der Waals surface area (Å²) in [6, 6.07) is 24.9. The largest absolute Gasteiger partial charge is 0.490 e. The van der Waals surface area contributed by atoms with Crippen molar-refractivity contribution in [2.24, 2.45) is 13.0 Å². The maximum Gasteiger partial charge on any atom is 0.420 e. The van der Waals surface area contributed by atoms with Gasteiger partial charge in [-0.05, 0) is 130 Å². The number of alkyl halides is 3. The fraction of sp³-hybridized carbons (Fsp3) is 0.414. The Bertz CT molecular complexity index is 3440. The minimum atomic E-state index is -4.86. The van der Waals surface area contributed by atoms with E-state index in [0.29, 0.717) is 66.6 Å². The fourth-order valence-electron chi connectivity index (χ4n) is 12.8. The number of amides is 3. The molecule has 16 nitrogen and oxygen atoms in total. The third-order valence-electron chi connectivity index (χ3n) is 16.6. The Hall–Kier alpha value is -7.45. The van der Waals surface area contributed by atoms with E-state index >= 15 is 13.2 Å². The van der Waals surface area contributed by atoms with Crippen molar-refractivity contribution in [2.45, 2.75) is 114 Å². The van der Waals surface area contributed by atoms with E-state index in [1.54, 1.807) is 16.8 Å². The highest BCUT2D eigenvalue weighted by atomic mass is 32.1. The van der Waals surface area contributed by atoms with Gasteiger partial charge in [-0.1, -0.05) is 60.6 Å². The van der Waals surface area contributed by atoms with Crippen molar-refractivity contribution < 1.29 is 42.2 Å². The van der Waals surface area contributed by atoms with E-state index in [2.05, 4.69) is 35.5 Å². The molecule has 0 radical (unpaired) electrons. The monoisotopic (exact) mass is 1080 g/mol. The number of nitrogens with zero attached hydrogens (tertiary/aromatic N) is 8. The summed E-state index contributed by atoms with van der Waals surface area (Å²) < 4.78 is 54.5. The standard InChI is InChI=1S/C58H59F3N10O6S/c1-68-53-41(51(67-68)42-23-26-49(72)65-55(42)74)22-25-48(64-53)71-35-17-18-36(71)31-69(30-35)28-5-4-8-33-15-19-37(20-16-33)77-45-13-7-10-38(50(45)58(59,60)61)39-21-24-47(63-52(39)56(75)76)70-29-27-34-9-6-11-40(43(34)32-70)54(73)66-57-62-44-12-2-3-14-46(44)78-57/h2-3,6-7,9-14,21-22,24-25,33,35-37,42H,4-5,8,15-20,23,26-32H2,1H3,(H,75,76)(H,62,66,73)(H,65,72,74). The van der Waals surface area contributed by atoms with E-state index in [0.717, 1.165) is 103 Å². The number of rotatable bonds is 14. The number of carbonyl (C=O) groups excluding carboxylic acids is 3. The average molecular weight is 1080 g/mol. The number of piperazine rings is 1. The number of aromatic nitrogens is 5. The highest BCUT2D eigenvalue weighted by molar-refractivity contribution is 7.22. The van der Waals surface area contributed by atoms with Gasteiger partial charge in [0.25, 0.3) is 5.91 Å². The second-order valence-electron chi connectivity index (χ2n) is 21.5. The Morgan fingerprint density at radius 3 is 2.38 bits per heavy atom. The number of carboxylic acid groups (broad SMARTS) is 1. The number of hydrogen-bond acceptors (Lipinski definition) is 13. The van der Waals surface area contributed by atoms with E-state index < -0.39 is 35.4 Å². The summed E-state index contributed by atoms with van der Waals surface area (Å²) in [5, 5.41) is 21.8. The van der Waals surface area contributed by atoms with Gasteiger partial charge in [0.05, 0.1) is 27.9 Å². The second-order valence-corrected chi connectivity index (χ2v) is 22.5. The van der Waals surface area contributed by atoms with Crippen LogP contribution in [-0.2, 0) is 35.8 Å². The van der Waals surface area contributed by atoms with Gasteiger partial charge >= 0.3 is 12.1 Å². The van der Waals surface area contributed by atoms with Crippen LogP contribution >= 0.6 is 11.3 Å². The van der Waals surface area contributed by atoms with E-state index in [-0.39, 0.29) is 53.4 Å². The highest BCUT2D eigenvalue weighted by Crippen LogP contribution is 2.46. The SMILES string of the molecule is Cn1nc(C2CCC(=O)NC2=O)c2ccc(N3C4CCC3CN(CCCCC3CCC(Oc5cccc(-c6ccc(N7CCc8cccc(C(=O)Nc9nc%10ccccc%10s9)c8C7)nc6C(=O)O)c5C(F)(F)F)CC3)C4)nc21. The number of nitrogens with one attached hydrogen (secondary N) is 2. The van der Waals surface area contributed by atoms with E-state index in [4.69, 9.17) is 9.72 Å². The minimum Gasteiger partial charge on any atom is -0.490 e. The van der Waals surface area contributed by atoms with Gasteiger partial charge in [0.1, 0.15) is 22.9 Å². The predicted molar refractivity (Wildman–Crippen MR) is 290 cm³/mol. The second kappa shape index (κ2) is 21.1. The Morgan fingerprint density at radius 2 is 1.62 bits per heavy atom. The summed E-state index contributed by atoms with van der Waals surface area (Å²) in [5.74, 6) is -1.52. The van der Waals surface area contributed by atoms with E-state index in [9.17, 15) is 24.3 Å². The lowest BCUT2D eigenvalue weighted by Gasteiger charge is -2.42. The number of carbonyl (C=O) groups is 4. The number of imide groups is 1. The van der Waals surface area contributed by atoms with Crippen LogP contribution in [0.5, 0.6) is 5.75 Å². The smallest absolute Gasteiger partial charge is 0.420 e. The number of benzene rings is 3. The molecule has 7 aromatic rings. The number of pyridine rings is 2. The lowest BCUT2D eigenvalue weighted by Crippen LogP contribution is -2.54. The quantitative estimate of drug-likeness (QED) is 0.0690. The van der Waals surface area contributed by atoms with Crippen molar-refractivity contribution >= 4 is 73.0 Å². The van der Waals surface area contributed by atoms with Gasteiger partial charge in [-0.3, -0.25) is 34.6 Å². The number of aryl methyl sites for hydroxylation is 1. The normalized spacial score (nSPS) is 21.7. The van der Waals surface area contributed by atoms with Gasteiger partial charge in [-0.25, -0.2) is 19.7 Å². The zero-order valence-corrected chi connectivity index (χ0v) is 43.9. The maximum atomic E-state index is 15.2. The van der Waals surface area contributed by atoms with E-state index in [1.807, 2.05) is 60.5 Å². The molecule has 3 unspecified atom stereocenters. The lowest BCUT2D eigenvalue weighted by atomic mass is 9.84. The molecule has 1 saturated carbocycles. The molecule has 0 spiro atoms. The van der Waals surface area contributed by atoms with Crippen LogP contribution in [0, 0.1) is 5.92 Å². The van der Waals surface area contributed by atoms with Crippen LogP contribution in [0.4, 0.5) is 29.9 Å². The summed E-state index contributed by atoms with van der Waals surface area (Å²) in [6.45, 7) is 3.59. The third-order valence-corrected chi connectivity index (χ3v) is 17.5. The van der Waals surface area contributed by atoms with Crippen LogP contribution < -0.4 is 25.2 Å². The number of halogens is 3. The Balaban J connectivity index is 0.649. The number of ether oxygens (including phenoxy) is 1. The molecule has 3 saturated heterocycles. The van der Waals surface area contributed by atoms with Crippen molar-refractivity contribution in [1.82, 2.24) is 34.9 Å². The number of fused-ring (bicyclic) bond motifs is 5. The molecule has 3 atom stereocenters. The molecule has 5 aliphatic rings. The van der Waals surface area contributed by atoms with Gasteiger partial charge in [-0.15, -0.1) is 0 Å². The van der Waals surface area contributed by atoms with Crippen LogP contribution in [0.15, 0.2) is 84.9 Å². The molecular weight excluding hydrogens is 1020 g/mol. The molecule has 8 heterocycles. The molecule has 3 amide bonds.